The third-order valence-corrected chi connectivity index (χ3v) is 3.11. The minimum atomic E-state index is -0.288. The van der Waals surface area contributed by atoms with Gasteiger partial charge in [0, 0.05) is 6.20 Å². The van der Waals surface area contributed by atoms with E-state index in [4.69, 9.17) is 12.2 Å². The predicted molar refractivity (Wildman–Crippen MR) is 70.9 cm³/mol. The number of hydrogen-bond donors (Lipinski definition) is 1. The lowest BCUT2D eigenvalue weighted by Crippen LogP contribution is -1.98. The zero-order chi connectivity index (χ0) is 12.7. The number of benzene rings is 1. The van der Waals surface area contributed by atoms with Gasteiger partial charge in [0.25, 0.3) is 0 Å². The van der Waals surface area contributed by atoms with Crippen molar-refractivity contribution in [2.45, 2.75) is 6.92 Å². The molecule has 0 spiro atoms. The van der Waals surface area contributed by atoms with E-state index in [-0.39, 0.29) is 5.82 Å². The smallest absolute Gasteiger partial charge is 0.182 e. The van der Waals surface area contributed by atoms with Crippen molar-refractivity contribution < 1.29 is 4.39 Å². The highest BCUT2D eigenvalue weighted by molar-refractivity contribution is 7.71. The molecule has 1 aromatic carbocycles. The van der Waals surface area contributed by atoms with E-state index in [1.807, 2.05) is 13.0 Å². The summed E-state index contributed by atoms with van der Waals surface area (Å²) < 4.78 is 16.2. The second kappa shape index (κ2) is 4.03. The van der Waals surface area contributed by atoms with Gasteiger partial charge in [0.15, 0.2) is 4.77 Å². The molecule has 3 aromatic rings. The first-order valence-electron chi connectivity index (χ1n) is 5.48. The monoisotopic (exact) mass is 259 g/mol. The van der Waals surface area contributed by atoms with Crippen molar-refractivity contribution in [3.8, 4) is 5.69 Å². The van der Waals surface area contributed by atoms with Gasteiger partial charge in [-0.25, -0.2) is 4.39 Å². The zero-order valence-electron chi connectivity index (χ0n) is 9.64. The van der Waals surface area contributed by atoms with Gasteiger partial charge < -0.3 is 4.98 Å². The van der Waals surface area contributed by atoms with Gasteiger partial charge in [-0.3, -0.25) is 9.55 Å². The van der Waals surface area contributed by atoms with Gasteiger partial charge in [0.2, 0.25) is 0 Å². The van der Waals surface area contributed by atoms with E-state index in [1.165, 1.54) is 6.07 Å². The number of rotatable bonds is 1. The number of imidazole rings is 1. The number of nitrogens with zero attached hydrogens (tertiary/aromatic N) is 2. The number of H-pyrrole nitrogens is 1. The molecule has 0 bridgehead atoms. The molecular weight excluding hydrogens is 249 g/mol. The first kappa shape index (κ1) is 11.1. The van der Waals surface area contributed by atoms with E-state index in [2.05, 4.69) is 9.97 Å². The molecule has 0 saturated carbocycles. The summed E-state index contributed by atoms with van der Waals surface area (Å²) in [5.41, 5.74) is 2.94. The number of aromatic nitrogens is 3. The maximum atomic E-state index is 14.0. The number of hydrogen-bond acceptors (Lipinski definition) is 2. The van der Waals surface area contributed by atoms with E-state index in [1.54, 1.807) is 29.1 Å². The fraction of sp³-hybridized carbons (Fsp3) is 0.0769. The maximum Gasteiger partial charge on any atom is 0.182 e. The summed E-state index contributed by atoms with van der Waals surface area (Å²) in [5, 5.41) is 0. The van der Waals surface area contributed by atoms with E-state index >= 15 is 0 Å². The van der Waals surface area contributed by atoms with Crippen molar-refractivity contribution in [1.29, 1.82) is 0 Å². The molecule has 90 valence electrons. The van der Waals surface area contributed by atoms with Crippen LogP contribution in [-0.2, 0) is 0 Å². The molecule has 0 aliphatic carbocycles. The molecule has 0 fully saturated rings. The van der Waals surface area contributed by atoms with Crippen molar-refractivity contribution >= 4 is 23.3 Å². The summed E-state index contributed by atoms with van der Waals surface area (Å²) in [5.74, 6) is -0.288. The largest absolute Gasteiger partial charge is 0.329 e. The van der Waals surface area contributed by atoms with Crippen molar-refractivity contribution in [2.24, 2.45) is 0 Å². The number of pyridine rings is 1. The van der Waals surface area contributed by atoms with Gasteiger partial charge in [-0.1, -0.05) is 6.07 Å². The molecular formula is C13H10FN3S. The fourth-order valence-corrected chi connectivity index (χ4v) is 2.30. The van der Waals surface area contributed by atoms with Crippen LogP contribution in [0.3, 0.4) is 0 Å². The molecule has 2 aromatic heterocycles. The predicted octanol–water partition coefficient (Wildman–Crippen LogP) is 3.53. The number of nitrogens with one attached hydrogen (secondary N) is 1. The lowest BCUT2D eigenvalue weighted by molar-refractivity contribution is 0.617. The van der Waals surface area contributed by atoms with Crippen LogP contribution >= 0.6 is 12.2 Å². The average molecular weight is 259 g/mol. The summed E-state index contributed by atoms with van der Waals surface area (Å²) in [6.07, 6.45) is 3.33. The zero-order valence-corrected chi connectivity index (χ0v) is 10.5. The van der Waals surface area contributed by atoms with Crippen molar-refractivity contribution in [3.63, 3.8) is 0 Å². The van der Waals surface area contributed by atoms with Crippen molar-refractivity contribution in [3.05, 3.63) is 52.8 Å². The van der Waals surface area contributed by atoms with Gasteiger partial charge >= 0.3 is 0 Å². The van der Waals surface area contributed by atoms with E-state index in [9.17, 15) is 4.39 Å². The van der Waals surface area contributed by atoms with E-state index < -0.39 is 0 Å². The number of aromatic amines is 1. The van der Waals surface area contributed by atoms with Crippen LogP contribution in [0.5, 0.6) is 0 Å². The Hall–Kier alpha value is -2.01. The van der Waals surface area contributed by atoms with Gasteiger partial charge in [-0.2, -0.15) is 0 Å². The third-order valence-electron chi connectivity index (χ3n) is 2.83. The van der Waals surface area contributed by atoms with Crippen LogP contribution in [-0.4, -0.2) is 14.5 Å². The molecule has 2 heterocycles. The highest BCUT2D eigenvalue weighted by atomic mass is 32.1. The van der Waals surface area contributed by atoms with Crippen LogP contribution in [0.15, 0.2) is 36.7 Å². The molecule has 0 aliphatic heterocycles. The van der Waals surface area contributed by atoms with Crippen LogP contribution in [0, 0.1) is 17.5 Å². The first-order valence-corrected chi connectivity index (χ1v) is 5.89. The Morgan fingerprint density at radius 1 is 1.33 bits per heavy atom. The lowest BCUT2D eigenvalue weighted by atomic mass is 10.2. The molecule has 3 rings (SSSR count). The maximum absolute atomic E-state index is 14.0. The Balaban J connectivity index is 2.38. The van der Waals surface area contributed by atoms with Crippen LogP contribution in [0.1, 0.15) is 5.56 Å². The summed E-state index contributed by atoms with van der Waals surface area (Å²) in [6, 6.07) is 6.90. The SMILES string of the molecule is Cc1ccc(-n2c(=S)[nH]c3cnccc32)c(F)c1. The Morgan fingerprint density at radius 2 is 2.17 bits per heavy atom. The molecule has 0 atom stereocenters. The summed E-state index contributed by atoms with van der Waals surface area (Å²) in [4.78, 5) is 7.03. The molecule has 18 heavy (non-hydrogen) atoms. The highest BCUT2D eigenvalue weighted by Crippen LogP contribution is 2.21. The molecule has 1 N–H and O–H groups in total. The van der Waals surface area contributed by atoms with Gasteiger partial charge in [0.05, 0.1) is 22.9 Å². The Bertz CT molecular complexity index is 788. The molecule has 5 heteroatoms. The van der Waals surface area contributed by atoms with Crippen LogP contribution < -0.4 is 0 Å². The number of halogens is 1. The summed E-state index contributed by atoms with van der Waals surface area (Å²) in [6.45, 7) is 1.85. The minimum absolute atomic E-state index is 0.288. The average Bonchev–Trinajstić information content (AvgIpc) is 2.66. The fourth-order valence-electron chi connectivity index (χ4n) is 1.99. The van der Waals surface area contributed by atoms with Crippen LogP contribution in [0.25, 0.3) is 16.7 Å². The molecule has 0 amide bonds. The lowest BCUT2D eigenvalue weighted by Gasteiger charge is -2.06. The Labute approximate surface area is 108 Å². The highest BCUT2D eigenvalue weighted by Gasteiger charge is 2.10. The summed E-state index contributed by atoms with van der Waals surface area (Å²) in [7, 11) is 0. The standard InChI is InChI=1S/C13H10FN3S/c1-8-2-3-11(9(14)6-8)17-12-4-5-15-7-10(12)16-13(17)18/h2-7H,1H3,(H,16,18). The number of fused-ring (bicyclic) bond motifs is 1. The van der Waals surface area contributed by atoms with E-state index in [0.717, 1.165) is 16.6 Å². The third kappa shape index (κ3) is 1.64. The molecule has 0 saturated heterocycles. The minimum Gasteiger partial charge on any atom is -0.329 e. The molecule has 3 nitrogen and oxygen atoms in total. The Morgan fingerprint density at radius 3 is 2.94 bits per heavy atom. The molecule has 0 radical (unpaired) electrons. The first-order chi connectivity index (χ1) is 8.66. The quantitative estimate of drug-likeness (QED) is 0.678. The van der Waals surface area contributed by atoms with Gasteiger partial charge in [0.1, 0.15) is 5.82 Å². The number of aryl methyl sites for hydroxylation is 1. The normalized spacial score (nSPS) is 11.0. The second-order valence-electron chi connectivity index (χ2n) is 4.11. The van der Waals surface area contributed by atoms with Crippen LogP contribution in [0.2, 0.25) is 0 Å². The van der Waals surface area contributed by atoms with Crippen molar-refractivity contribution in [1.82, 2.24) is 14.5 Å². The topological polar surface area (TPSA) is 33.6 Å². The second-order valence-corrected chi connectivity index (χ2v) is 4.50. The summed E-state index contributed by atoms with van der Waals surface area (Å²) >= 11 is 5.24. The Kier molecular flexibility index (Phi) is 2.48. The van der Waals surface area contributed by atoms with Crippen molar-refractivity contribution in [2.75, 3.05) is 0 Å². The van der Waals surface area contributed by atoms with Crippen LogP contribution in [0.4, 0.5) is 4.39 Å². The molecule has 0 aliphatic rings. The van der Waals surface area contributed by atoms with Gasteiger partial charge in [-0.05, 0) is 42.9 Å². The van der Waals surface area contributed by atoms with Gasteiger partial charge in [-0.15, -0.1) is 0 Å². The van der Waals surface area contributed by atoms with E-state index in [0.29, 0.717) is 10.5 Å². The molecule has 0 unspecified atom stereocenters.